The summed E-state index contributed by atoms with van der Waals surface area (Å²) in [7, 11) is 3.33. The summed E-state index contributed by atoms with van der Waals surface area (Å²) in [4.78, 5) is 29.4. The third kappa shape index (κ3) is 4.23. The number of nitrogens with one attached hydrogen (secondary N) is 2. The first kappa shape index (κ1) is 18.8. The molecule has 10 nitrogen and oxygen atoms in total. The lowest BCUT2D eigenvalue weighted by Crippen LogP contribution is -2.49. The Balaban J connectivity index is 1.71. The SMILES string of the molecule is COc1cc([N+](=O)[O-])ccc1NC(=O)CN1CCNCC1c1nccn1C. The van der Waals surface area contributed by atoms with Crippen LogP contribution in [0.4, 0.5) is 11.4 Å². The van der Waals surface area contributed by atoms with E-state index in [1.165, 1.54) is 25.3 Å². The number of imidazole rings is 1. The largest absolute Gasteiger partial charge is 0.494 e. The number of nitro groups is 1. The van der Waals surface area contributed by atoms with Gasteiger partial charge in [0.15, 0.2) is 0 Å². The third-order valence-electron chi connectivity index (χ3n) is 4.53. The van der Waals surface area contributed by atoms with Gasteiger partial charge in [0.25, 0.3) is 5.69 Å². The van der Waals surface area contributed by atoms with E-state index in [2.05, 4.69) is 20.5 Å². The van der Waals surface area contributed by atoms with Crippen molar-refractivity contribution in [1.82, 2.24) is 19.8 Å². The van der Waals surface area contributed by atoms with Crippen LogP contribution in [-0.4, -0.2) is 58.6 Å². The van der Waals surface area contributed by atoms with Gasteiger partial charge in [-0.2, -0.15) is 0 Å². The molecule has 1 aliphatic heterocycles. The van der Waals surface area contributed by atoms with Gasteiger partial charge in [-0.1, -0.05) is 0 Å². The number of anilines is 1. The summed E-state index contributed by atoms with van der Waals surface area (Å²) < 4.78 is 7.11. The predicted octanol–water partition coefficient (Wildman–Crippen LogP) is 0.922. The van der Waals surface area contributed by atoms with Crippen molar-refractivity contribution in [3.8, 4) is 5.75 Å². The minimum Gasteiger partial charge on any atom is -0.494 e. The molecule has 1 atom stereocenters. The van der Waals surface area contributed by atoms with Crippen molar-refractivity contribution in [2.24, 2.45) is 7.05 Å². The third-order valence-corrected chi connectivity index (χ3v) is 4.53. The highest BCUT2D eigenvalue weighted by atomic mass is 16.6. The number of benzene rings is 1. The Kier molecular flexibility index (Phi) is 5.67. The lowest BCUT2D eigenvalue weighted by Gasteiger charge is -2.35. The summed E-state index contributed by atoms with van der Waals surface area (Å²) in [6.45, 7) is 2.38. The molecule has 0 aliphatic carbocycles. The second-order valence-electron chi connectivity index (χ2n) is 6.28. The Labute approximate surface area is 156 Å². The molecule has 1 fully saturated rings. The van der Waals surface area contributed by atoms with Crippen LogP contribution in [0.25, 0.3) is 0 Å². The average molecular weight is 374 g/mol. The molecule has 1 aromatic heterocycles. The summed E-state index contributed by atoms with van der Waals surface area (Å²) in [5.41, 5.74) is 0.304. The van der Waals surface area contributed by atoms with Gasteiger partial charge >= 0.3 is 0 Å². The van der Waals surface area contributed by atoms with Crippen molar-refractivity contribution < 1.29 is 14.5 Å². The van der Waals surface area contributed by atoms with Gasteiger partial charge in [-0.3, -0.25) is 19.8 Å². The second kappa shape index (κ2) is 8.14. The minimum absolute atomic E-state index is 0.0109. The molecule has 0 radical (unpaired) electrons. The Hall–Kier alpha value is -2.98. The maximum atomic E-state index is 12.6. The van der Waals surface area contributed by atoms with E-state index in [1.54, 1.807) is 6.20 Å². The van der Waals surface area contributed by atoms with E-state index in [1.807, 2.05) is 17.8 Å². The number of piperazine rings is 1. The molecule has 1 unspecified atom stereocenters. The van der Waals surface area contributed by atoms with Gasteiger partial charge in [-0.25, -0.2) is 4.98 Å². The van der Waals surface area contributed by atoms with Crippen LogP contribution < -0.4 is 15.4 Å². The number of hydrogen-bond acceptors (Lipinski definition) is 7. The highest BCUT2D eigenvalue weighted by Crippen LogP contribution is 2.29. The molecule has 1 amide bonds. The molecule has 0 bridgehead atoms. The van der Waals surface area contributed by atoms with Crippen LogP contribution in [-0.2, 0) is 11.8 Å². The number of carbonyl (C=O) groups is 1. The Morgan fingerprint density at radius 2 is 2.33 bits per heavy atom. The van der Waals surface area contributed by atoms with Crippen molar-refractivity contribution in [2.45, 2.75) is 6.04 Å². The van der Waals surface area contributed by atoms with Crippen LogP contribution in [0.5, 0.6) is 5.75 Å². The fourth-order valence-electron chi connectivity index (χ4n) is 3.16. The molecule has 1 aliphatic rings. The van der Waals surface area contributed by atoms with Crippen LogP contribution in [0.15, 0.2) is 30.6 Å². The molecular formula is C17H22N6O4. The van der Waals surface area contributed by atoms with Gasteiger partial charge in [-0.15, -0.1) is 0 Å². The van der Waals surface area contributed by atoms with Crippen LogP contribution >= 0.6 is 0 Å². The number of non-ortho nitro benzene ring substituents is 1. The molecule has 2 heterocycles. The Bertz CT molecular complexity index is 837. The average Bonchev–Trinajstić information content (AvgIpc) is 3.08. The molecule has 144 valence electrons. The summed E-state index contributed by atoms with van der Waals surface area (Å²) in [6.07, 6.45) is 3.62. The normalized spacial score (nSPS) is 17.5. The molecule has 1 saturated heterocycles. The van der Waals surface area contributed by atoms with Crippen LogP contribution in [0.2, 0.25) is 0 Å². The molecule has 0 saturated carbocycles. The molecule has 2 N–H and O–H groups in total. The van der Waals surface area contributed by atoms with Crippen LogP contribution in [0, 0.1) is 10.1 Å². The molecule has 3 rings (SSSR count). The van der Waals surface area contributed by atoms with Gasteiger partial charge in [0, 0.05) is 45.1 Å². The van der Waals surface area contributed by atoms with Gasteiger partial charge in [0.05, 0.1) is 36.4 Å². The van der Waals surface area contributed by atoms with Gasteiger partial charge in [-0.05, 0) is 6.07 Å². The predicted molar refractivity (Wildman–Crippen MR) is 98.7 cm³/mol. The summed E-state index contributed by atoms with van der Waals surface area (Å²) >= 11 is 0. The van der Waals surface area contributed by atoms with E-state index in [9.17, 15) is 14.9 Å². The Morgan fingerprint density at radius 1 is 1.52 bits per heavy atom. The van der Waals surface area contributed by atoms with Crippen molar-refractivity contribution in [2.75, 3.05) is 38.6 Å². The highest BCUT2D eigenvalue weighted by Gasteiger charge is 2.28. The van der Waals surface area contributed by atoms with Gasteiger partial charge < -0.3 is 19.9 Å². The van der Waals surface area contributed by atoms with Crippen LogP contribution in [0.1, 0.15) is 11.9 Å². The maximum absolute atomic E-state index is 12.6. The number of methoxy groups -OCH3 is 1. The summed E-state index contributed by atoms with van der Waals surface area (Å²) in [5, 5.41) is 17.0. The van der Waals surface area contributed by atoms with E-state index in [-0.39, 0.29) is 29.9 Å². The zero-order valence-corrected chi connectivity index (χ0v) is 15.2. The zero-order valence-electron chi connectivity index (χ0n) is 15.2. The quantitative estimate of drug-likeness (QED) is 0.571. The number of hydrogen-bond donors (Lipinski definition) is 2. The van der Waals surface area contributed by atoms with E-state index in [0.717, 1.165) is 12.4 Å². The number of carbonyl (C=O) groups excluding carboxylic acids is 1. The molecular weight excluding hydrogens is 352 g/mol. The first-order valence-electron chi connectivity index (χ1n) is 8.54. The number of nitrogens with zero attached hydrogens (tertiary/aromatic N) is 4. The summed E-state index contributed by atoms with van der Waals surface area (Å²) in [6, 6.07) is 4.09. The minimum atomic E-state index is -0.508. The van der Waals surface area contributed by atoms with Crippen LogP contribution in [0.3, 0.4) is 0 Å². The zero-order chi connectivity index (χ0) is 19.4. The molecule has 1 aromatic carbocycles. The summed E-state index contributed by atoms with van der Waals surface area (Å²) in [5.74, 6) is 0.921. The smallest absolute Gasteiger partial charge is 0.273 e. The van der Waals surface area contributed by atoms with Crippen molar-refractivity contribution >= 4 is 17.3 Å². The van der Waals surface area contributed by atoms with Crippen molar-refractivity contribution in [1.29, 1.82) is 0 Å². The first-order chi connectivity index (χ1) is 13.0. The lowest BCUT2D eigenvalue weighted by molar-refractivity contribution is -0.384. The number of nitro benzene ring substituents is 1. The van der Waals surface area contributed by atoms with E-state index >= 15 is 0 Å². The number of ether oxygens (including phenoxy) is 1. The maximum Gasteiger partial charge on any atom is 0.273 e. The molecule has 27 heavy (non-hydrogen) atoms. The number of rotatable bonds is 6. The number of amides is 1. The fourth-order valence-corrected chi connectivity index (χ4v) is 3.16. The number of aryl methyl sites for hydroxylation is 1. The first-order valence-corrected chi connectivity index (χ1v) is 8.54. The number of aromatic nitrogens is 2. The van der Waals surface area contributed by atoms with Crippen molar-refractivity contribution in [3.63, 3.8) is 0 Å². The lowest BCUT2D eigenvalue weighted by atomic mass is 10.1. The molecule has 2 aromatic rings. The van der Waals surface area contributed by atoms with E-state index in [0.29, 0.717) is 18.8 Å². The topological polar surface area (TPSA) is 115 Å². The highest BCUT2D eigenvalue weighted by molar-refractivity contribution is 5.94. The Morgan fingerprint density at radius 3 is 3.00 bits per heavy atom. The molecule has 10 heteroatoms. The van der Waals surface area contributed by atoms with Gasteiger partial charge in [0.1, 0.15) is 11.6 Å². The molecule has 0 spiro atoms. The standard InChI is InChI=1S/C17H22N6O4/c1-21-7-6-19-17(21)14-10-18-5-8-22(14)11-16(24)20-13-4-3-12(23(25)26)9-15(13)27-2/h3-4,6-7,9,14,18H,5,8,10-11H2,1-2H3,(H,20,24). The monoisotopic (exact) mass is 374 g/mol. The van der Waals surface area contributed by atoms with Gasteiger partial charge in [0.2, 0.25) is 5.91 Å². The van der Waals surface area contributed by atoms with Crippen molar-refractivity contribution in [3.05, 3.63) is 46.5 Å². The second-order valence-corrected chi connectivity index (χ2v) is 6.28. The van der Waals surface area contributed by atoms with E-state index < -0.39 is 4.92 Å². The fraction of sp³-hybridized carbons (Fsp3) is 0.412. The van der Waals surface area contributed by atoms with E-state index in [4.69, 9.17) is 4.74 Å².